The Labute approximate surface area is 142 Å². The zero-order valence-corrected chi connectivity index (χ0v) is 13.9. The van der Waals surface area contributed by atoms with Crippen LogP contribution in [0.3, 0.4) is 0 Å². The van der Waals surface area contributed by atoms with Crippen LogP contribution in [-0.2, 0) is 10.0 Å². The number of halogens is 1. The summed E-state index contributed by atoms with van der Waals surface area (Å²) in [4.78, 5) is 12.1. The van der Waals surface area contributed by atoms with Gasteiger partial charge in [0.05, 0.1) is 23.8 Å². The maximum atomic E-state index is 12.3. The highest BCUT2D eigenvalue weighted by molar-refractivity contribution is 7.89. The Morgan fingerprint density at radius 2 is 2.00 bits per heavy atom. The molecule has 0 aromatic heterocycles. The second kappa shape index (κ2) is 7.28. The van der Waals surface area contributed by atoms with Crippen molar-refractivity contribution in [1.29, 1.82) is 0 Å². The van der Waals surface area contributed by atoms with E-state index in [4.69, 9.17) is 16.3 Å². The Morgan fingerprint density at radius 3 is 2.67 bits per heavy atom. The number of rotatable bonds is 6. The van der Waals surface area contributed by atoms with Crippen molar-refractivity contribution in [3.05, 3.63) is 63.2 Å². The Hall–Kier alpha value is -2.65. The number of methoxy groups -OCH3 is 1. The third-order valence-corrected chi connectivity index (χ3v) is 4.40. The summed E-state index contributed by atoms with van der Waals surface area (Å²) in [5, 5.41) is 14.7. The van der Waals surface area contributed by atoms with Gasteiger partial charge in [-0.2, -0.15) is 18.4 Å². The summed E-state index contributed by atoms with van der Waals surface area (Å²) >= 11 is 5.80. The van der Waals surface area contributed by atoms with E-state index in [9.17, 15) is 18.5 Å². The summed E-state index contributed by atoms with van der Waals surface area (Å²) in [7, 11) is -2.74. The number of ether oxygens (including phenoxy) is 1. The fourth-order valence-electron chi connectivity index (χ4n) is 1.84. The summed E-state index contributed by atoms with van der Waals surface area (Å²) in [5.41, 5.74) is -0.0379. The zero-order chi connectivity index (χ0) is 17.7. The van der Waals surface area contributed by atoms with E-state index >= 15 is 0 Å². The van der Waals surface area contributed by atoms with E-state index < -0.39 is 14.9 Å². The SMILES string of the molecule is COc1ccc(Cl)cc1S(=O)(=O)N/N=C/c1ccccc1[N+](=O)[O-]. The van der Waals surface area contributed by atoms with Crippen LogP contribution in [0.25, 0.3) is 0 Å². The van der Waals surface area contributed by atoms with Gasteiger partial charge >= 0.3 is 0 Å². The first-order valence-corrected chi connectivity index (χ1v) is 8.33. The first kappa shape index (κ1) is 17.7. The minimum Gasteiger partial charge on any atom is -0.495 e. The number of para-hydroxylation sites is 1. The van der Waals surface area contributed by atoms with E-state index in [0.29, 0.717) is 0 Å². The Morgan fingerprint density at radius 1 is 1.29 bits per heavy atom. The van der Waals surface area contributed by atoms with Crippen LogP contribution in [0.2, 0.25) is 5.02 Å². The fourth-order valence-corrected chi connectivity index (χ4v) is 3.06. The smallest absolute Gasteiger partial charge is 0.280 e. The number of nitrogens with one attached hydrogen (secondary N) is 1. The summed E-state index contributed by atoms with van der Waals surface area (Å²) < 4.78 is 29.5. The molecule has 0 unspecified atom stereocenters. The molecule has 0 saturated carbocycles. The molecule has 24 heavy (non-hydrogen) atoms. The minimum atomic E-state index is -4.06. The van der Waals surface area contributed by atoms with Crippen LogP contribution in [0.5, 0.6) is 5.75 Å². The van der Waals surface area contributed by atoms with Gasteiger partial charge in [0.25, 0.3) is 15.7 Å². The second-order valence-electron chi connectivity index (χ2n) is 4.46. The lowest BCUT2D eigenvalue weighted by atomic mass is 10.2. The second-order valence-corrected chi connectivity index (χ2v) is 6.53. The van der Waals surface area contributed by atoms with Gasteiger partial charge < -0.3 is 4.74 Å². The zero-order valence-electron chi connectivity index (χ0n) is 12.3. The van der Waals surface area contributed by atoms with Gasteiger partial charge in [-0.25, -0.2) is 0 Å². The van der Waals surface area contributed by atoms with Crippen molar-refractivity contribution in [3.8, 4) is 5.75 Å². The lowest BCUT2D eigenvalue weighted by Crippen LogP contribution is -2.19. The number of nitrogens with zero attached hydrogens (tertiary/aromatic N) is 2. The molecule has 2 rings (SSSR count). The third-order valence-electron chi connectivity index (χ3n) is 2.93. The molecule has 0 bridgehead atoms. The lowest BCUT2D eigenvalue weighted by Gasteiger charge is -2.09. The molecule has 0 aliphatic carbocycles. The molecule has 126 valence electrons. The van der Waals surface area contributed by atoms with E-state index in [0.717, 1.165) is 6.21 Å². The number of sulfonamides is 1. The first-order valence-electron chi connectivity index (χ1n) is 6.47. The van der Waals surface area contributed by atoms with Crippen LogP contribution in [0.15, 0.2) is 52.5 Å². The monoisotopic (exact) mass is 369 g/mol. The van der Waals surface area contributed by atoms with Crippen molar-refractivity contribution in [2.45, 2.75) is 4.90 Å². The van der Waals surface area contributed by atoms with E-state index in [2.05, 4.69) is 5.10 Å². The number of nitro benzene ring substituents is 1. The van der Waals surface area contributed by atoms with Crippen LogP contribution in [-0.4, -0.2) is 26.7 Å². The lowest BCUT2D eigenvalue weighted by molar-refractivity contribution is -0.385. The van der Waals surface area contributed by atoms with E-state index in [1.807, 2.05) is 4.83 Å². The van der Waals surface area contributed by atoms with Crippen LogP contribution in [0, 0.1) is 10.1 Å². The van der Waals surface area contributed by atoms with Crippen molar-refractivity contribution in [2.75, 3.05) is 7.11 Å². The molecule has 2 aromatic carbocycles. The van der Waals surface area contributed by atoms with Gasteiger partial charge in [-0.1, -0.05) is 23.7 Å². The molecule has 0 spiro atoms. The van der Waals surface area contributed by atoms with Gasteiger partial charge in [-0.15, -0.1) is 0 Å². The fraction of sp³-hybridized carbons (Fsp3) is 0.0714. The average molecular weight is 370 g/mol. The molecule has 0 atom stereocenters. The van der Waals surface area contributed by atoms with Gasteiger partial charge in [0.2, 0.25) is 0 Å². The minimum absolute atomic E-state index is 0.0905. The normalized spacial score (nSPS) is 11.4. The van der Waals surface area contributed by atoms with Crippen molar-refractivity contribution >= 4 is 33.5 Å². The molecular weight excluding hydrogens is 358 g/mol. The molecule has 0 aliphatic rings. The Bertz CT molecular complexity index is 899. The molecular formula is C14H12ClN3O5S. The maximum Gasteiger partial charge on any atom is 0.280 e. The van der Waals surface area contributed by atoms with Gasteiger partial charge in [0.1, 0.15) is 10.6 Å². The predicted molar refractivity (Wildman–Crippen MR) is 89.0 cm³/mol. The standard InChI is InChI=1S/C14H12ClN3O5S/c1-23-13-7-6-11(15)8-14(13)24(21,22)17-16-9-10-4-2-3-5-12(10)18(19)20/h2-9,17H,1H3/b16-9+. The van der Waals surface area contributed by atoms with Gasteiger partial charge in [-0.05, 0) is 24.3 Å². The summed E-state index contributed by atoms with van der Waals surface area (Å²) in [6.07, 6.45) is 1.05. The summed E-state index contributed by atoms with van der Waals surface area (Å²) in [5.74, 6) is 0.0905. The van der Waals surface area contributed by atoms with Crippen molar-refractivity contribution in [3.63, 3.8) is 0 Å². The molecule has 0 aliphatic heterocycles. The topological polar surface area (TPSA) is 111 Å². The van der Waals surface area contributed by atoms with E-state index in [1.54, 1.807) is 6.07 Å². The number of nitro groups is 1. The highest BCUT2D eigenvalue weighted by atomic mass is 35.5. The van der Waals surface area contributed by atoms with Crippen molar-refractivity contribution in [2.24, 2.45) is 5.10 Å². The van der Waals surface area contributed by atoms with Crippen LogP contribution >= 0.6 is 11.6 Å². The predicted octanol–water partition coefficient (Wildman–Crippen LogP) is 2.57. The molecule has 1 N–H and O–H groups in total. The van der Waals surface area contributed by atoms with E-state index in [-0.39, 0.29) is 26.9 Å². The Kier molecular flexibility index (Phi) is 5.37. The largest absolute Gasteiger partial charge is 0.495 e. The summed E-state index contributed by atoms with van der Waals surface area (Å²) in [6, 6.07) is 9.90. The molecule has 0 amide bonds. The van der Waals surface area contributed by atoms with Crippen LogP contribution in [0.1, 0.15) is 5.56 Å². The average Bonchev–Trinajstić information content (AvgIpc) is 2.55. The molecule has 0 saturated heterocycles. The molecule has 10 heteroatoms. The third kappa shape index (κ3) is 4.00. The quantitative estimate of drug-likeness (QED) is 0.478. The van der Waals surface area contributed by atoms with E-state index in [1.165, 1.54) is 43.5 Å². The highest BCUT2D eigenvalue weighted by Crippen LogP contribution is 2.26. The molecule has 8 nitrogen and oxygen atoms in total. The van der Waals surface area contributed by atoms with Crippen molar-refractivity contribution < 1.29 is 18.1 Å². The molecule has 0 radical (unpaired) electrons. The molecule has 0 heterocycles. The molecule has 2 aromatic rings. The summed E-state index contributed by atoms with van der Waals surface area (Å²) in [6.45, 7) is 0. The first-order chi connectivity index (χ1) is 11.3. The highest BCUT2D eigenvalue weighted by Gasteiger charge is 2.19. The Balaban J connectivity index is 2.29. The van der Waals surface area contributed by atoms with Crippen LogP contribution < -0.4 is 9.57 Å². The van der Waals surface area contributed by atoms with Gasteiger partial charge in [0, 0.05) is 11.1 Å². The van der Waals surface area contributed by atoms with Crippen LogP contribution in [0.4, 0.5) is 5.69 Å². The molecule has 0 fully saturated rings. The maximum absolute atomic E-state index is 12.3. The number of hydrazone groups is 1. The van der Waals surface area contributed by atoms with Crippen molar-refractivity contribution in [1.82, 2.24) is 4.83 Å². The van der Waals surface area contributed by atoms with Gasteiger partial charge in [-0.3, -0.25) is 10.1 Å². The number of hydrogen-bond donors (Lipinski definition) is 1. The van der Waals surface area contributed by atoms with Gasteiger partial charge in [0.15, 0.2) is 0 Å². The number of hydrogen-bond acceptors (Lipinski definition) is 6. The number of benzene rings is 2.